The van der Waals surface area contributed by atoms with Crippen molar-refractivity contribution in [2.24, 2.45) is 5.92 Å². The van der Waals surface area contributed by atoms with Gasteiger partial charge in [0.05, 0.1) is 12.0 Å². The van der Waals surface area contributed by atoms with Crippen LogP contribution in [0.25, 0.3) is 0 Å². The molecule has 1 amide bonds. The minimum atomic E-state index is -0.534. The highest BCUT2D eigenvalue weighted by Gasteiger charge is 2.34. The lowest BCUT2D eigenvalue weighted by Gasteiger charge is -2.17. The molecule has 2 atom stereocenters. The molecule has 1 aliphatic heterocycles. The minimum absolute atomic E-state index is 0.0823. The second-order valence-corrected chi connectivity index (χ2v) is 4.38. The Morgan fingerprint density at radius 3 is 2.69 bits per heavy atom. The van der Waals surface area contributed by atoms with E-state index in [-0.39, 0.29) is 11.8 Å². The fourth-order valence-corrected chi connectivity index (χ4v) is 2.17. The first kappa shape index (κ1) is 11.1. The number of rotatable bonds is 3. The number of carbonyl (C=O) groups is 1. The number of hydrogen-bond acceptors (Lipinski definition) is 2. The lowest BCUT2D eigenvalue weighted by atomic mass is 10.0. The summed E-state index contributed by atoms with van der Waals surface area (Å²) in [4.78, 5) is 13.7. The maximum atomic E-state index is 11.9. The standard InChI is InChI=1S/C13H17NO2/c1-10(15)12-7-8-14(13(12)16)9-11-5-3-2-4-6-11/h2-6,10,12,15H,7-9H2,1H3/t10-,12-/m1/s1. The van der Waals surface area contributed by atoms with Crippen molar-refractivity contribution < 1.29 is 9.90 Å². The molecule has 1 fully saturated rings. The van der Waals surface area contributed by atoms with E-state index in [1.807, 2.05) is 35.2 Å². The Bertz CT molecular complexity index is 361. The zero-order chi connectivity index (χ0) is 11.5. The van der Waals surface area contributed by atoms with E-state index in [9.17, 15) is 9.90 Å². The van der Waals surface area contributed by atoms with Crippen molar-refractivity contribution in [2.75, 3.05) is 6.54 Å². The van der Waals surface area contributed by atoms with E-state index in [0.717, 1.165) is 18.5 Å². The summed E-state index contributed by atoms with van der Waals surface area (Å²) in [6, 6.07) is 9.95. The zero-order valence-electron chi connectivity index (χ0n) is 9.47. The Kier molecular flexibility index (Phi) is 3.25. The topological polar surface area (TPSA) is 40.5 Å². The van der Waals surface area contributed by atoms with E-state index in [2.05, 4.69) is 0 Å². The maximum absolute atomic E-state index is 11.9. The van der Waals surface area contributed by atoms with Crippen LogP contribution in [0.3, 0.4) is 0 Å². The summed E-state index contributed by atoms with van der Waals surface area (Å²) in [5.41, 5.74) is 1.14. The first-order valence-corrected chi connectivity index (χ1v) is 5.69. The highest BCUT2D eigenvalue weighted by molar-refractivity contribution is 5.81. The Morgan fingerprint density at radius 2 is 2.12 bits per heavy atom. The van der Waals surface area contributed by atoms with Gasteiger partial charge in [0.15, 0.2) is 0 Å². The second kappa shape index (κ2) is 4.66. The van der Waals surface area contributed by atoms with Gasteiger partial charge in [0, 0.05) is 13.1 Å². The molecule has 86 valence electrons. The summed E-state index contributed by atoms with van der Waals surface area (Å²) in [5, 5.41) is 9.46. The van der Waals surface area contributed by atoms with Crippen LogP contribution < -0.4 is 0 Å². The van der Waals surface area contributed by atoms with Gasteiger partial charge in [-0.2, -0.15) is 0 Å². The van der Waals surface area contributed by atoms with E-state index < -0.39 is 6.10 Å². The van der Waals surface area contributed by atoms with Gasteiger partial charge >= 0.3 is 0 Å². The number of amides is 1. The van der Waals surface area contributed by atoms with Gasteiger partial charge in [-0.3, -0.25) is 4.79 Å². The average molecular weight is 219 g/mol. The largest absolute Gasteiger partial charge is 0.393 e. The predicted molar refractivity (Wildman–Crippen MR) is 61.6 cm³/mol. The molecule has 0 aromatic heterocycles. The molecule has 0 radical (unpaired) electrons. The molecule has 1 heterocycles. The van der Waals surface area contributed by atoms with Gasteiger partial charge in [-0.1, -0.05) is 30.3 Å². The number of aliphatic hydroxyl groups excluding tert-OH is 1. The van der Waals surface area contributed by atoms with Crippen molar-refractivity contribution >= 4 is 5.91 Å². The third kappa shape index (κ3) is 2.25. The molecule has 3 nitrogen and oxygen atoms in total. The molecular weight excluding hydrogens is 202 g/mol. The van der Waals surface area contributed by atoms with E-state index in [4.69, 9.17) is 0 Å². The summed E-state index contributed by atoms with van der Waals surface area (Å²) in [6.45, 7) is 3.10. The molecule has 1 saturated heterocycles. The lowest BCUT2D eigenvalue weighted by molar-refractivity contribution is -0.134. The van der Waals surface area contributed by atoms with Crippen molar-refractivity contribution in [3.63, 3.8) is 0 Å². The van der Waals surface area contributed by atoms with Gasteiger partial charge in [0.1, 0.15) is 0 Å². The molecule has 3 heteroatoms. The molecule has 0 aliphatic carbocycles. The third-order valence-corrected chi connectivity index (χ3v) is 3.14. The Hall–Kier alpha value is -1.35. The van der Waals surface area contributed by atoms with Gasteiger partial charge in [0.25, 0.3) is 0 Å². The second-order valence-electron chi connectivity index (χ2n) is 4.38. The number of benzene rings is 1. The molecule has 1 aliphatic rings. The molecule has 0 bridgehead atoms. The number of aliphatic hydroxyl groups is 1. The monoisotopic (exact) mass is 219 g/mol. The molecule has 16 heavy (non-hydrogen) atoms. The quantitative estimate of drug-likeness (QED) is 0.835. The van der Waals surface area contributed by atoms with Crippen LogP contribution in [0.1, 0.15) is 18.9 Å². The van der Waals surface area contributed by atoms with Crippen LogP contribution in [0.5, 0.6) is 0 Å². The van der Waals surface area contributed by atoms with E-state index in [0.29, 0.717) is 6.54 Å². The fourth-order valence-electron chi connectivity index (χ4n) is 2.17. The molecule has 1 aromatic rings. The summed E-state index contributed by atoms with van der Waals surface area (Å²) in [6.07, 6.45) is 0.233. The highest BCUT2D eigenvalue weighted by atomic mass is 16.3. The Balaban J connectivity index is 2.01. The van der Waals surface area contributed by atoms with E-state index in [1.165, 1.54) is 0 Å². The molecule has 0 spiro atoms. The molecule has 0 unspecified atom stereocenters. The lowest BCUT2D eigenvalue weighted by Crippen LogP contribution is -2.30. The van der Waals surface area contributed by atoms with Crippen molar-refractivity contribution in [2.45, 2.75) is 26.0 Å². The smallest absolute Gasteiger partial charge is 0.228 e. The third-order valence-electron chi connectivity index (χ3n) is 3.14. The number of likely N-dealkylation sites (tertiary alicyclic amines) is 1. The van der Waals surface area contributed by atoms with Gasteiger partial charge in [0.2, 0.25) is 5.91 Å². The van der Waals surface area contributed by atoms with Crippen molar-refractivity contribution in [3.05, 3.63) is 35.9 Å². The first-order chi connectivity index (χ1) is 7.68. The minimum Gasteiger partial charge on any atom is -0.393 e. The molecule has 0 saturated carbocycles. The Morgan fingerprint density at radius 1 is 1.44 bits per heavy atom. The van der Waals surface area contributed by atoms with Crippen LogP contribution in [0.15, 0.2) is 30.3 Å². The normalized spacial score (nSPS) is 22.5. The van der Waals surface area contributed by atoms with Gasteiger partial charge < -0.3 is 10.0 Å². The summed E-state index contributed by atoms with van der Waals surface area (Å²) in [7, 11) is 0. The van der Waals surface area contributed by atoms with Crippen LogP contribution in [0.2, 0.25) is 0 Å². The number of hydrogen-bond donors (Lipinski definition) is 1. The van der Waals surface area contributed by atoms with Crippen molar-refractivity contribution in [1.29, 1.82) is 0 Å². The van der Waals surface area contributed by atoms with Crippen LogP contribution in [-0.2, 0) is 11.3 Å². The molecule has 2 rings (SSSR count). The zero-order valence-corrected chi connectivity index (χ0v) is 9.47. The summed E-state index contributed by atoms with van der Waals surface area (Å²) in [5.74, 6) is -0.123. The van der Waals surface area contributed by atoms with E-state index in [1.54, 1.807) is 6.92 Å². The van der Waals surface area contributed by atoms with Crippen LogP contribution in [0.4, 0.5) is 0 Å². The fraction of sp³-hybridized carbons (Fsp3) is 0.462. The van der Waals surface area contributed by atoms with Crippen molar-refractivity contribution in [1.82, 2.24) is 4.90 Å². The first-order valence-electron chi connectivity index (χ1n) is 5.69. The molecular formula is C13H17NO2. The van der Waals surface area contributed by atoms with Crippen LogP contribution in [0, 0.1) is 5.92 Å². The SMILES string of the molecule is C[C@@H](O)[C@H]1CCN(Cc2ccccc2)C1=O. The summed E-state index contributed by atoms with van der Waals surface area (Å²) < 4.78 is 0. The van der Waals surface area contributed by atoms with E-state index >= 15 is 0 Å². The maximum Gasteiger partial charge on any atom is 0.228 e. The number of carbonyl (C=O) groups excluding carboxylic acids is 1. The molecule has 1 N–H and O–H groups in total. The highest BCUT2D eigenvalue weighted by Crippen LogP contribution is 2.22. The van der Waals surface area contributed by atoms with Crippen LogP contribution in [-0.4, -0.2) is 28.6 Å². The predicted octanol–water partition coefficient (Wildman–Crippen LogP) is 1.42. The summed E-state index contributed by atoms with van der Waals surface area (Å²) >= 11 is 0. The van der Waals surface area contributed by atoms with Crippen molar-refractivity contribution in [3.8, 4) is 0 Å². The number of nitrogens with zero attached hydrogens (tertiary/aromatic N) is 1. The average Bonchev–Trinajstić information content (AvgIpc) is 2.62. The van der Waals surface area contributed by atoms with Gasteiger partial charge in [-0.25, -0.2) is 0 Å². The Labute approximate surface area is 95.7 Å². The molecule has 1 aromatic carbocycles. The van der Waals surface area contributed by atoms with Gasteiger partial charge in [-0.05, 0) is 18.9 Å². The van der Waals surface area contributed by atoms with Gasteiger partial charge in [-0.15, -0.1) is 0 Å². The van der Waals surface area contributed by atoms with Crippen LogP contribution >= 0.6 is 0 Å².